The molecule has 1 aromatic rings. The minimum atomic E-state index is -1.12. The van der Waals surface area contributed by atoms with Crippen molar-refractivity contribution >= 4 is 29.7 Å². The number of hydrogen-bond acceptors (Lipinski definition) is 9. The zero-order valence-corrected chi connectivity index (χ0v) is 16.1. The van der Waals surface area contributed by atoms with E-state index in [2.05, 4.69) is 4.98 Å². The van der Waals surface area contributed by atoms with E-state index in [4.69, 9.17) is 18.9 Å². The van der Waals surface area contributed by atoms with Gasteiger partial charge in [-0.05, 0) is 19.1 Å². The van der Waals surface area contributed by atoms with Gasteiger partial charge in [0.15, 0.2) is 29.5 Å². The number of aromatic nitrogens is 1. The van der Waals surface area contributed by atoms with Crippen molar-refractivity contribution in [2.75, 3.05) is 5.75 Å². The number of nitrogens with zero attached hydrogens (tertiary/aromatic N) is 1. The predicted molar refractivity (Wildman–Crippen MR) is 92.5 cm³/mol. The summed E-state index contributed by atoms with van der Waals surface area (Å²) < 4.78 is 35.4. The Morgan fingerprint density at radius 2 is 1.63 bits per heavy atom. The molecule has 0 amide bonds. The van der Waals surface area contributed by atoms with Crippen molar-refractivity contribution in [1.29, 1.82) is 0 Å². The fraction of sp³-hybridized carbons (Fsp3) is 0.529. The molecule has 0 unspecified atom stereocenters. The van der Waals surface area contributed by atoms with Crippen molar-refractivity contribution in [3.05, 3.63) is 23.8 Å². The minimum Gasteiger partial charge on any atom is -0.471 e. The van der Waals surface area contributed by atoms with Gasteiger partial charge < -0.3 is 18.9 Å². The number of thioether (sulfide) groups is 1. The van der Waals surface area contributed by atoms with Gasteiger partial charge in [0.05, 0.1) is 0 Å². The highest BCUT2D eigenvalue weighted by molar-refractivity contribution is 7.99. The first-order valence-corrected chi connectivity index (χ1v) is 9.15. The summed E-state index contributed by atoms with van der Waals surface area (Å²) in [4.78, 5) is 38.1. The summed E-state index contributed by atoms with van der Waals surface area (Å²) in [6, 6.07) is 2.97. The van der Waals surface area contributed by atoms with Gasteiger partial charge >= 0.3 is 17.9 Å². The van der Waals surface area contributed by atoms with Crippen molar-refractivity contribution in [3.63, 3.8) is 0 Å². The number of carbonyl (C=O) groups is 3. The first-order valence-electron chi connectivity index (χ1n) is 8.10. The van der Waals surface area contributed by atoms with Crippen molar-refractivity contribution in [3.8, 4) is 5.75 Å². The second kappa shape index (κ2) is 9.03. The molecule has 1 fully saturated rings. The summed E-state index contributed by atoms with van der Waals surface area (Å²) in [6.45, 7) is 5.20. The molecule has 2 rings (SSSR count). The summed E-state index contributed by atoms with van der Waals surface area (Å²) in [6.07, 6.45) is -3.06. The van der Waals surface area contributed by atoms with Crippen LogP contribution >= 0.6 is 11.8 Å². The minimum absolute atomic E-state index is 0.136. The Morgan fingerprint density at radius 1 is 1.04 bits per heavy atom. The normalized spacial score (nSPS) is 24.6. The van der Waals surface area contributed by atoms with Gasteiger partial charge in [0, 0.05) is 32.2 Å². The van der Waals surface area contributed by atoms with Crippen LogP contribution in [0.25, 0.3) is 0 Å². The molecule has 1 aliphatic heterocycles. The van der Waals surface area contributed by atoms with Crippen molar-refractivity contribution < 1.29 is 37.7 Å². The number of esters is 3. The molecule has 0 N–H and O–H groups in total. The molecule has 0 aliphatic carbocycles. The van der Waals surface area contributed by atoms with Gasteiger partial charge in [-0.3, -0.25) is 14.4 Å². The maximum absolute atomic E-state index is 14.0. The Kier molecular flexibility index (Phi) is 7.00. The smallest absolute Gasteiger partial charge is 0.303 e. The highest BCUT2D eigenvalue weighted by Gasteiger charge is 2.47. The number of hydrogen-bond donors (Lipinski definition) is 0. The van der Waals surface area contributed by atoms with Crippen molar-refractivity contribution in [2.45, 2.75) is 51.4 Å². The van der Waals surface area contributed by atoms with Gasteiger partial charge in [-0.15, -0.1) is 11.8 Å². The van der Waals surface area contributed by atoms with Gasteiger partial charge in [0.25, 0.3) is 5.95 Å². The summed E-state index contributed by atoms with van der Waals surface area (Å²) in [5.74, 6) is -2.64. The maximum atomic E-state index is 14.0. The predicted octanol–water partition coefficient (Wildman–Crippen LogP) is 1.78. The van der Waals surface area contributed by atoms with Gasteiger partial charge in [-0.1, -0.05) is 0 Å². The van der Waals surface area contributed by atoms with Crippen LogP contribution in [0.4, 0.5) is 4.39 Å². The standard InChI is InChI=1S/C17H20FNO7S/c1-8-5-6-12(16(18)19-8)26-17-15(25-11(4)22)14(24-10(3)21)13(7-27-17)23-9(2)20/h5-6,13-15,17H,7H2,1-4H3/t13-,14+,15-,17+/m1/s1. The molecule has 4 atom stereocenters. The zero-order valence-electron chi connectivity index (χ0n) is 15.3. The van der Waals surface area contributed by atoms with Crippen LogP contribution < -0.4 is 4.74 Å². The van der Waals surface area contributed by atoms with E-state index in [1.54, 1.807) is 13.0 Å². The van der Waals surface area contributed by atoms with Gasteiger partial charge in [-0.25, -0.2) is 4.98 Å². The van der Waals surface area contributed by atoms with E-state index >= 15 is 0 Å². The van der Waals surface area contributed by atoms with Crippen molar-refractivity contribution in [1.82, 2.24) is 4.98 Å². The van der Waals surface area contributed by atoms with Crippen LogP contribution in [0.5, 0.6) is 5.75 Å². The number of rotatable bonds is 5. The monoisotopic (exact) mass is 401 g/mol. The van der Waals surface area contributed by atoms with E-state index in [0.717, 1.165) is 11.8 Å². The average Bonchev–Trinajstić information content (AvgIpc) is 2.53. The van der Waals surface area contributed by atoms with Crippen molar-refractivity contribution in [2.24, 2.45) is 0 Å². The fourth-order valence-electron chi connectivity index (χ4n) is 2.54. The largest absolute Gasteiger partial charge is 0.471 e. The molecule has 8 nitrogen and oxygen atoms in total. The fourth-order valence-corrected chi connectivity index (χ4v) is 3.74. The Hall–Kier alpha value is -2.36. The van der Waals surface area contributed by atoms with Crippen LogP contribution in [0.2, 0.25) is 0 Å². The number of aryl methyl sites for hydroxylation is 1. The molecule has 0 bridgehead atoms. The van der Waals surface area contributed by atoms with Crippen LogP contribution in [-0.2, 0) is 28.6 Å². The number of pyridine rings is 1. The Balaban J connectivity index is 2.30. The summed E-state index contributed by atoms with van der Waals surface area (Å²) in [5.41, 5.74) is -0.426. The highest BCUT2D eigenvalue weighted by Crippen LogP contribution is 2.34. The third kappa shape index (κ3) is 5.81. The van der Waals surface area contributed by atoms with E-state index in [0.29, 0.717) is 5.69 Å². The molecule has 1 saturated heterocycles. The third-order valence-corrected chi connectivity index (χ3v) is 4.72. The molecule has 0 saturated carbocycles. The Morgan fingerprint density at radius 3 is 2.19 bits per heavy atom. The lowest BCUT2D eigenvalue weighted by Gasteiger charge is -2.39. The highest BCUT2D eigenvalue weighted by atomic mass is 32.2. The van der Waals surface area contributed by atoms with E-state index in [-0.39, 0.29) is 11.5 Å². The molecular formula is C17H20FNO7S. The molecule has 1 aliphatic rings. The van der Waals surface area contributed by atoms with Crippen LogP contribution in [0, 0.1) is 12.9 Å². The van der Waals surface area contributed by atoms with E-state index in [1.165, 1.54) is 26.8 Å². The summed E-state index contributed by atoms with van der Waals surface area (Å²) >= 11 is 1.14. The third-order valence-electron chi connectivity index (χ3n) is 3.50. The van der Waals surface area contributed by atoms with Gasteiger partial charge in [0.2, 0.25) is 0 Å². The molecule has 2 heterocycles. The lowest BCUT2D eigenvalue weighted by molar-refractivity contribution is -0.186. The second-order valence-electron chi connectivity index (χ2n) is 5.86. The number of carbonyl (C=O) groups excluding carboxylic acids is 3. The summed E-state index contributed by atoms with van der Waals surface area (Å²) in [7, 11) is 0. The Bertz CT molecular complexity index is 729. The van der Waals surface area contributed by atoms with Crippen LogP contribution in [0.3, 0.4) is 0 Å². The Labute approximate surface area is 159 Å². The molecule has 148 valence electrons. The molecule has 0 radical (unpaired) electrons. The van der Waals surface area contributed by atoms with Gasteiger partial charge in [0.1, 0.15) is 0 Å². The second-order valence-corrected chi connectivity index (χ2v) is 6.99. The zero-order chi connectivity index (χ0) is 20.1. The molecular weight excluding hydrogens is 381 g/mol. The van der Waals surface area contributed by atoms with Gasteiger partial charge in [-0.2, -0.15) is 4.39 Å². The lowest BCUT2D eigenvalue weighted by atomic mass is 10.1. The quantitative estimate of drug-likeness (QED) is 0.415. The summed E-state index contributed by atoms with van der Waals surface area (Å²) in [5, 5.41) is 0. The van der Waals surface area contributed by atoms with Crippen LogP contribution in [-0.4, -0.2) is 52.4 Å². The molecule has 10 heteroatoms. The maximum Gasteiger partial charge on any atom is 0.303 e. The first kappa shape index (κ1) is 20.9. The number of halogens is 1. The average molecular weight is 401 g/mol. The van der Waals surface area contributed by atoms with Crippen LogP contribution in [0.15, 0.2) is 12.1 Å². The molecule has 0 spiro atoms. The van der Waals surface area contributed by atoms with E-state index < -0.39 is 47.6 Å². The molecule has 0 aromatic carbocycles. The van der Waals surface area contributed by atoms with Crippen LogP contribution in [0.1, 0.15) is 26.5 Å². The molecule has 27 heavy (non-hydrogen) atoms. The topological polar surface area (TPSA) is 101 Å². The van der Waals surface area contributed by atoms with E-state index in [9.17, 15) is 18.8 Å². The van der Waals surface area contributed by atoms with E-state index in [1.807, 2.05) is 0 Å². The lowest BCUT2D eigenvalue weighted by Crippen LogP contribution is -2.55. The molecule has 1 aromatic heterocycles. The number of ether oxygens (including phenoxy) is 4. The SMILES string of the molecule is CC(=O)O[C@@H]1[C@@H](OC(C)=O)[C@@H](Oc2ccc(C)nc2F)SC[C@H]1OC(C)=O. The first-order chi connectivity index (χ1) is 12.7.